The minimum atomic E-state index is -0.384. The topological polar surface area (TPSA) is 78.0 Å². The molecule has 8 nitrogen and oxygen atoms in total. The van der Waals surface area contributed by atoms with Gasteiger partial charge in [-0.1, -0.05) is 0 Å². The Kier molecular flexibility index (Phi) is 4.44. The number of anilines is 3. The number of aromatic nitrogens is 2. The van der Waals surface area contributed by atoms with Crippen LogP contribution in [0.1, 0.15) is 18.7 Å². The summed E-state index contributed by atoms with van der Waals surface area (Å²) in [5, 5.41) is 3.36. The number of fused-ring (bicyclic) bond motifs is 1. The van der Waals surface area contributed by atoms with Gasteiger partial charge < -0.3 is 29.2 Å². The predicted molar refractivity (Wildman–Crippen MR) is 104 cm³/mol. The van der Waals surface area contributed by atoms with Crippen LogP contribution in [0.5, 0.6) is 11.5 Å². The number of ether oxygens (including phenoxy) is 4. The molecule has 8 heteroatoms. The average Bonchev–Trinajstić information content (AvgIpc) is 3.16. The van der Waals surface area contributed by atoms with E-state index in [9.17, 15) is 0 Å². The number of piperidine rings is 1. The van der Waals surface area contributed by atoms with Crippen molar-refractivity contribution in [3.63, 3.8) is 0 Å². The first-order valence-electron chi connectivity index (χ1n) is 9.74. The molecule has 0 aliphatic carbocycles. The third-order valence-electron chi connectivity index (χ3n) is 5.30. The first-order valence-corrected chi connectivity index (χ1v) is 9.74. The summed E-state index contributed by atoms with van der Waals surface area (Å²) < 4.78 is 22.9. The van der Waals surface area contributed by atoms with Crippen LogP contribution in [0.2, 0.25) is 0 Å². The highest BCUT2D eigenvalue weighted by Crippen LogP contribution is 2.35. The third-order valence-corrected chi connectivity index (χ3v) is 5.30. The summed E-state index contributed by atoms with van der Waals surface area (Å²) in [4.78, 5) is 11.4. The van der Waals surface area contributed by atoms with Gasteiger partial charge in [0.1, 0.15) is 30.7 Å². The molecule has 2 aromatic rings. The van der Waals surface area contributed by atoms with Crippen LogP contribution < -0.4 is 19.7 Å². The SMILES string of the molecule is Cc1nc(Nc2ccc3c(c2)OCCO3)cc(N2CCC3(CC2)OCCO3)n1. The molecule has 0 saturated carbocycles. The summed E-state index contributed by atoms with van der Waals surface area (Å²) >= 11 is 0. The minimum Gasteiger partial charge on any atom is -0.486 e. The van der Waals surface area contributed by atoms with Crippen LogP contribution in [0.15, 0.2) is 24.3 Å². The van der Waals surface area contributed by atoms with Gasteiger partial charge in [-0.3, -0.25) is 0 Å². The lowest BCUT2D eigenvalue weighted by Gasteiger charge is -2.38. The Balaban J connectivity index is 1.32. The number of hydrogen-bond donors (Lipinski definition) is 1. The van der Waals surface area contributed by atoms with Gasteiger partial charge in [0, 0.05) is 43.8 Å². The third kappa shape index (κ3) is 3.45. The van der Waals surface area contributed by atoms with Gasteiger partial charge >= 0.3 is 0 Å². The second kappa shape index (κ2) is 7.10. The number of rotatable bonds is 3. The Morgan fingerprint density at radius 2 is 1.68 bits per heavy atom. The molecule has 1 N–H and O–H groups in total. The van der Waals surface area contributed by atoms with E-state index in [0.717, 1.165) is 60.6 Å². The van der Waals surface area contributed by atoms with Crippen LogP contribution >= 0.6 is 0 Å². The second-order valence-electron chi connectivity index (χ2n) is 7.24. The van der Waals surface area contributed by atoms with E-state index >= 15 is 0 Å². The Morgan fingerprint density at radius 1 is 0.929 bits per heavy atom. The summed E-state index contributed by atoms with van der Waals surface area (Å²) in [5.74, 6) is 3.54. The zero-order valence-electron chi connectivity index (χ0n) is 15.9. The van der Waals surface area contributed by atoms with E-state index in [1.54, 1.807) is 0 Å². The van der Waals surface area contributed by atoms with Crippen molar-refractivity contribution >= 4 is 17.3 Å². The van der Waals surface area contributed by atoms with Gasteiger partial charge in [0.05, 0.1) is 13.2 Å². The molecule has 2 fully saturated rings. The van der Waals surface area contributed by atoms with Crippen LogP contribution in [-0.4, -0.2) is 55.3 Å². The molecule has 2 saturated heterocycles. The molecule has 3 aliphatic rings. The molecule has 1 aromatic heterocycles. The molecule has 28 heavy (non-hydrogen) atoms. The molecule has 0 radical (unpaired) electrons. The van der Waals surface area contributed by atoms with E-state index in [1.807, 2.05) is 31.2 Å². The molecular formula is C20H24N4O4. The Hall–Kier alpha value is -2.58. The van der Waals surface area contributed by atoms with Crippen molar-refractivity contribution in [3.8, 4) is 11.5 Å². The maximum absolute atomic E-state index is 5.82. The van der Waals surface area contributed by atoms with Crippen molar-refractivity contribution in [3.05, 3.63) is 30.1 Å². The van der Waals surface area contributed by atoms with Gasteiger partial charge in [0.15, 0.2) is 17.3 Å². The number of benzene rings is 1. The Bertz CT molecular complexity index is 859. The van der Waals surface area contributed by atoms with Gasteiger partial charge in [0.2, 0.25) is 0 Å². The summed E-state index contributed by atoms with van der Waals surface area (Å²) in [7, 11) is 0. The van der Waals surface area contributed by atoms with E-state index in [2.05, 4.69) is 20.2 Å². The molecule has 5 rings (SSSR count). The van der Waals surface area contributed by atoms with E-state index in [0.29, 0.717) is 26.4 Å². The fourth-order valence-electron chi connectivity index (χ4n) is 3.91. The standard InChI is InChI=1S/C20H24N4O4/c1-14-21-18(23-15-2-3-16-17(12-15)26-9-8-25-16)13-19(22-14)24-6-4-20(5-7-24)27-10-11-28-20/h2-3,12-13H,4-11H2,1H3,(H,21,22,23). The quantitative estimate of drug-likeness (QED) is 0.865. The molecule has 3 aliphatic heterocycles. The molecule has 1 spiro atoms. The van der Waals surface area contributed by atoms with Crippen molar-refractivity contribution in [1.82, 2.24) is 9.97 Å². The molecular weight excluding hydrogens is 360 g/mol. The lowest BCUT2D eigenvalue weighted by atomic mass is 10.0. The van der Waals surface area contributed by atoms with Gasteiger partial charge in [-0.05, 0) is 19.1 Å². The first-order chi connectivity index (χ1) is 13.7. The van der Waals surface area contributed by atoms with Crippen LogP contribution in [0, 0.1) is 6.92 Å². The molecule has 148 valence electrons. The highest BCUT2D eigenvalue weighted by atomic mass is 16.7. The molecule has 4 heterocycles. The van der Waals surface area contributed by atoms with Crippen molar-refractivity contribution in [1.29, 1.82) is 0 Å². The van der Waals surface area contributed by atoms with Gasteiger partial charge in [0.25, 0.3) is 0 Å². The zero-order chi connectivity index (χ0) is 19.0. The maximum atomic E-state index is 5.82. The van der Waals surface area contributed by atoms with E-state index in [4.69, 9.17) is 18.9 Å². The van der Waals surface area contributed by atoms with Crippen LogP contribution in [-0.2, 0) is 9.47 Å². The van der Waals surface area contributed by atoms with Gasteiger partial charge in [-0.15, -0.1) is 0 Å². The fraction of sp³-hybridized carbons (Fsp3) is 0.500. The summed E-state index contributed by atoms with van der Waals surface area (Å²) in [6.07, 6.45) is 1.70. The zero-order valence-corrected chi connectivity index (χ0v) is 15.9. The summed E-state index contributed by atoms with van der Waals surface area (Å²) in [6, 6.07) is 7.80. The highest BCUT2D eigenvalue weighted by molar-refractivity contribution is 5.63. The smallest absolute Gasteiger partial charge is 0.171 e. The predicted octanol–water partition coefficient (Wildman–Crippen LogP) is 2.64. The number of aryl methyl sites for hydroxylation is 1. The van der Waals surface area contributed by atoms with Gasteiger partial charge in [-0.2, -0.15) is 0 Å². The maximum Gasteiger partial charge on any atom is 0.171 e. The second-order valence-corrected chi connectivity index (χ2v) is 7.24. The summed E-state index contributed by atoms with van der Waals surface area (Å²) in [5.41, 5.74) is 0.902. The van der Waals surface area contributed by atoms with Crippen LogP contribution in [0.25, 0.3) is 0 Å². The van der Waals surface area contributed by atoms with E-state index < -0.39 is 0 Å². The molecule has 0 unspecified atom stereocenters. The lowest BCUT2D eigenvalue weighted by molar-refractivity contribution is -0.169. The van der Waals surface area contributed by atoms with Crippen molar-refractivity contribution < 1.29 is 18.9 Å². The largest absolute Gasteiger partial charge is 0.486 e. The van der Waals surface area contributed by atoms with Gasteiger partial charge in [-0.25, -0.2) is 9.97 Å². The summed E-state index contributed by atoms with van der Waals surface area (Å²) in [6.45, 7) is 6.14. The lowest BCUT2D eigenvalue weighted by Crippen LogP contribution is -2.45. The number of nitrogens with zero attached hydrogens (tertiary/aromatic N) is 3. The van der Waals surface area contributed by atoms with Crippen LogP contribution in [0.3, 0.4) is 0 Å². The van der Waals surface area contributed by atoms with Crippen molar-refractivity contribution in [2.75, 3.05) is 49.7 Å². The first kappa shape index (κ1) is 17.5. The van der Waals surface area contributed by atoms with E-state index in [1.165, 1.54) is 0 Å². The molecule has 0 atom stereocenters. The van der Waals surface area contributed by atoms with Crippen molar-refractivity contribution in [2.45, 2.75) is 25.6 Å². The minimum absolute atomic E-state index is 0.384. The highest BCUT2D eigenvalue weighted by Gasteiger charge is 2.40. The van der Waals surface area contributed by atoms with E-state index in [-0.39, 0.29) is 5.79 Å². The monoisotopic (exact) mass is 384 g/mol. The molecule has 1 aromatic carbocycles. The average molecular weight is 384 g/mol. The Morgan fingerprint density at radius 3 is 2.46 bits per heavy atom. The number of hydrogen-bond acceptors (Lipinski definition) is 8. The Labute approximate surface area is 163 Å². The van der Waals surface area contributed by atoms with Crippen molar-refractivity contribution in [2.24, 2.45) is 0 Å². The normalized spacial score (nSPS) is 20.4. The van der Waals surface area contributed by atoms with Crippen LogP contribution in [0.4, 0.5) is 17.3 Å². The number of nitrogens with one attached hydrogen (secondary N) is 1. The fourth-order valence-corrected chi connectivity index (χ4v) is 3.91. The molecule has 0 amide bonds. The molecule has 0 bridgehead atoms.